The summed E-state index contributed by atoms with van der Waals surface area (Å²) in [7, 11) is 0. The number of amides is 2. The minimum Gasteiger partial charge on any atom is -0.365 e. The molecule has 0 spiro atoms. The number of piperidine rings is 1. The first-order chi connectivity index (χ1) is 10.1. The Morgan fingerprint density at radius 1 is 1.48 bits per heavy atom. The fourth-order valence-electron chi connectivity index (χ4n) is 2.56. The molecule has 1 unspecified atom stereocenters. The Labute approximate surface area is 123 Å². The van der Waals surface area contributed by atoms with Gasteiger partial charge in [0.25, 0.3) is 5.91 Å². The lowest BCUT2D eigenvalue weighted by Gasteiger charge is -2.33. The monoisotopic (exact) mass is 291 g/mol. The highest BCUT2D eigenvalue weighted by Gasteiger charge is 2.27. The van der Waals surface area contributed by atoms with Gasteiger partial charge in [-0.2, -0.15) is 0 Å². The van der Waals surface area contributed by atoms with Crippen molar-refractivity contribution in [1.82, 2.24) is 10.3 Å². The zero-order valence-corrected chi connectivity index (χ0v) is 11.9. The van der Waals surface area contributed by atoms with E-state index >= 15 is 0 Å². The normalized spacial score (nSPS) is 18.3. The van der Waals surface area contributed by atoms with Gasteiger partial charge in [0, 0.05) is 32.4 Å². The van der Waals surface area contributed by atoms with Gasteiger partial charge in [0.2, 0.25) is 5.91 Å². The molecule has 0 radical (unpaired) electrons. The maximum atomic E-state index is 12.0. The average Bonchev–Trinajstić information content (AvgIpc) is 2.52. The standard InChI is InChI=1S/C14H21N5O2/c15-5-7-18-14(21)10-3-2-8-19(9-10)13-11(12(16)20)4-1-6-17-13/h1,4,6,10H,2-3,5,7-9,15H2,(H2,16,20)(H,18,21). The van der Waals surface area contributed by atoms with Crippen LogP contribution in [0.15, 0.2) is 18.3 Å². The van der Waals surface area contributed by atoms with E-state index in [2.05, 4.69) is 10.3 Å². The van der Waals surface area contributed by atoms with E-state index in [4.69, 9.17) is 11.5 Å². The van der Waals surface area contributed by atoms with E-state index in [0.717, 1.165) is 19.4 Å². The molecule has 1 saturated heterocycles. The van der Waals surface area contributed by atoms with Gasteiger partial charge < -0.3 is 21.7 Å². The van der Waals surface area contributed by atoms with E-state index in [0.29, 0.717) is 31.0 Å². The van der Waals surface area contributed by atoms with E-state index in [1.165, 1.54) is 0 Å². The number of hydrogen-bond donors (Lipinski definition) is 3. The van der Waals surface area contributed by atoms with Gasteiger partial charge >= 0.3 is 0 Å². The number of nitrogens with one attached hydrogen (secondary N) is 1. The maximum absolute atomic E-state index is 12.0. The van der Waals surface area contributed by atoms with E-state index in [1.807, 2.05) is 4.90 Å². The minimum absolute atomic E-state index is 0.00158. The van der Waals surface area contributed by atoms with Gasteiger partial charge in [-0.05, 0) is 25.0 Å². The van der Waals surface area contributed by atoms with Gasteiger partial charge in [-0.3, -0.25) is 9.59 Å². The number of rotatable bonds is 5. The first kappa shape index (κ1) is 15.2. The van der Waals surface area contributed by atoms with Crippen molar-refractivity contribution in [3.8, 4) is 0 Å². The summed E-state index contributed by atoms with van der Waals surface area (Å²) < 4.78 is 0. The number of pyridine rings is 1. The van der Waals surface area contributed by atoms with E-state index < -0.39 is 5.91 Å². The fourth-order valence-corrected chi connectivity index (χ4v) is 2.56. The third-order valence-electron chi connectivity index (χ3n) is 3.59. The molecular formula is C14H21N5O2. The summed E-state index contributed by atoms with van der Waals surface area (Å²) in [4.78, 5) is 29.7. The lowest BCUT2D eigenvalue weighted by molar-refractivity contribution is -0.125. The van der Waals surface area contributed by atoms with E-state index in [1.54, 1.807) is 18.3 Å². The smallest absolute Gasteiger partial charge is 0.252 e. The number of nitrogens with two attached hydrogens (primary N) is 2. The van der Waals surface area contributed by atoms with Crippen molar-refractivity contribution in [2.45, 2.75) is 12.8 Å². The number of primary amides is 1. The molecular weight excluding hydrogens is 270 g/mol. The lowest BCUT2D eigenvalue weighted by Crippen LogP contribution is -2.44. The summed E-state index contributed by atoms with van der Waals surface area (Å²) in [5, 5.41) is 2.81. The van der Waals surface area contributed by atoms with Crippen molar-refractivity contribution in [3.63, 3.8) is 0 Å². The Kier molecular flexibility index (Phi) is 5.10. The highest BCUT2D eigenvalue weighted by Crippen LogP contribution is 2.24. The van der Waals surface area contributed by atoms with Gasteiger partial charge in [-0.25, -0.2) is 4.98 Å². The molecule has 7 heteroatoms. The number of carbonyl (C=O) groups excluding carboxylic acids is 2. The van der Waals surface area contributed by atoms with Crippen molar-refractivity contribution in [2.24, 2.45) is 17.4 Å². The molecule has 21 heavy (non-hydrogen) atoms. The van der Waals surface area contributed by atoms with Crippen LogP contribution in [0, 0.1) is 5.92 Å². The molecule has 0 aromatic carbocycles. The van der Waals surface area contributed by atoms with Gasteiger partial charge in [0.05, 0.1) is 11.5 Å². The third-order valence-corrected chi connectivity index (χ3v) is 3.59. The second kappa shape index (κ2) is 7.03. The summed E-state index contributed by atoms with van der Waals surface area (Å²) >= 11 is 0. The number of hydrogen-bond acceptors (Lipinski definition) is 5. The first-order valence-electron chi connectivity index (χ1n) is 7.11. The zero-order valence-electron chi connectivity index (χ0n) is 11.9. The topological polar surface area (TPSA) is 114 Å². The summed E-state index contributed by atoms with van der Waals surface area (Å²) in [6.45, 7) is 2.20. The Hall–Kier alpha value is -2.15. The van der Waals surface area contributed by atoms with Crippen LogP contribution in [-0.2, 0) is 4.79 Å². The van der Waals surface area contributed by atoms with Gasteiger partial charge in [0.1, 0.15) is 5.82 Å². The summed E-state index contributed by atoms with van der Waals surface area (Å²) in [5.74, 6) is -0.0659. The predicted octanol–water partition coefficient (Wildman–Crippen LogP) is -0.528. The zero-order chi connectivity index (χ0) is 15.2. The molecule has 7 nitrogen and oxygen atoms in total. The Morgan fingerprint density at radius 2 is 2.29 bits per heavy atom. The van der Waals surface area contributed by atoms with Crippen LogP contribution in [0.4, 0.5) is 5.82 Å². The second-order valence-electron chi connectivity index (χ2n) is 5.10. The predicted molar refractivity (Wildman–Crippen MR) is 79.8 cm³/mol. The number of carbonyl (C=O) groups is 2. The van der Waals surface area contributed by atoms with Crippen LogP contribution in [0.1, 0.15) is 23.2 Å². The van der Waals surface area contributed by atoms with Crippen molar-refractivity contribution in [1.29, 1.82) is 0 Å². The van der Waals surface area contributed by atoms with Crippen LogP contribution < -0.4 is 21.7 Å². The molecule has 0 bridgehead atoms. The molecule has 1 aliphatic heterocycles. The molecule has 1 aromatic heterocycles. The third kappa shape index (κ3) is 3.69. The summed E-state index contributed by atoms with van der Waals surface area (Å²) in [6.07, 6.45) is 3.32. The Morgan fingerprint density at radius 3 is 3.00 bits per heavy atom. The highest BCUT2D eigenvalue weighted by atomic mass is 16.2. The molecule has 2 heterocycles. The second-order valence-corrected chi connectivity index (χ2v) is 5.10. The van der Waals surface area contributed by atoms with Crippen LogP contribution in [0.2, 0.25) is 0 Å². The number of nitrogens with zero attached hydrogens (tertiary/aromatic N) is 2. The lowest BCUT2D eigenvalue weighted by atomic mass is 9.96. The van der Waals surface area contributed by atoms with Gasteiger partial charge in [-0.1, -0.05) is 0 Å². The van der Waals surface area contributed by atoms with Gasteiger partial charge in [0.15, 0.2) is 0 Å². The number of aromatic nitrogens is 1. The molecule has 0 aliphatic carbocycles. The van der Waals surface area contributed by atoms with Crippen LogP contribution in [-0.4, -0.2) is 43.0 Å². The Bertz CT molecular complexity index is 520. The molecule has 1 aliphatic rings. The van der Waals surface area contributed by atoms with Crippen LogP contribution >= 0.6 is 0 Å². The molecule has 1 atom stereocenters. The first-order valence-corrected chi connectivity index (χ1v) is 7.11. The molecule has 1 aromatic rings. The Balaban J connectivity index is 2.11. The van der Waals surface area contributed by atoms with E-state index in [9.17, 15) is 9.59 Å². The van der Waals surface area contributed by atoms with Crippen LogP contribution in [0.25, 0.3) is 0 Å². The minimum atomic E-state index is -0.507. The fraction of sp³-hybridized carbons (Fsp3) is 0.500. The molecule has 2 rings (SSSR count). The molecule has 114 valence electrons. The largest absolute Gasteiger partial charge is 0.365 e. The molecule has 2 amide bonds. The van der Waals surface area contributed by atoms with Crippen molar-refractivity contribution >= 4 is 17.6 Å². The van der Waals surface area contributed by atoms with Crippen molar-refractivity contribution in [2.75, 3.05) is 31.1 Å². The number of anilines is 1. The van der Waals surface area contributed by atoms with Crippen LogP contribution in [0.3, 0.4) is 0 Å². The SMILES string of the molecule is NCCNC(=O)C1CCCN(c2ncccc2C(N)=O)C1. The quantitative estimate of drug-likeness (QED) is 0.675. The average molecular weight is 291 g/mol. The molecule has 1 fully saturated rings. The van der Waals surface area contributed by atoms with Crippen molar-refractivity contribution < 1.29 is 9.59 Å². The van der Waals surface area contributed by atoms with E-state index in [-0.39, 0.29) is 11.8 Å². The maximum Gasteiger partial charge on any atom is 0.252 e. The van der Waals surface area contributed by atoms with Crippen molar-refractivity contribution in [3.05, 3.63) is 23.9 Å². The van der Waals surface area contributed by atoms with Gasteiger partial charge in [-0.15, -0.1) is 0 Å². The molecule has 5 N–H and O–H groups in total. The van der Waals surface area contributed by atoms with Crippen LogP contribution in [0.5, 0.6) is 0 Å². The summed E-state index contributed by atoms with van der Waals surface area (Å²) in [5.41, 5.74) is 11.2. The highest BCUT2D eigenvalue weighted by molar-refractivity contribution is 5.97. The summed E-state index contributed by atoms with van der Waals surface area (Å²) in [6, 6.07) is 3.34. The molecule has 0 saturated carbocycles.